The van der Waals surface area contributed by atoms with Crippen molar-refractivity contribution in [1.29, 1.82) is 0 Å². The Labute approximate surface area is 137 Å². The van der Waals surface area contributed by atoms with Gasteiger partial charge in [-0.3, -0.25) is 0 Å². The van der Waals surface area contributed by atoms with E-state index in [2.05, 4.69) is 31.2 Å². The Balaban J connectivity index is 1.74. The normalized spacial score (nSPS) is 10.7. The summed E-state index contributed by atoms with van der Waals surface area (Å²) in [5.74, 6) is -0.143. The Morgan fingerprint density at radius 2 is 1.17 bits per heavy atom. The predicted molar refractivity (Wildman–Crippen MR) is 95.2 cm³/mol. The molecule has 0 nitrogen and oxygen atoms in total. The molecular formula is C22H21F. The largest absolute Gasteiger partial charge is 0.206 e. The quantitative estimate of drug-likeness (QED) is 0.563. The first kappa shape index (κ1) is 15.5. The molecule has 0 bridgehead atoms. The van der Waals surface area contributed by atoms with Gasteiger partial charge in [0, 0.05) is 5.56 Å². The Morgan fingerprint density at radius 3 is 1.78 bits per heavy atom. The van der Waals surface area contributed by atoms with Gasteiger partial charge >= 0.3 is 0 Å². The molecule has 0 fully saturated rings. The van der Waals surface area contributed by atoms with Gasteiger partial charge in [0.2, 0.25) is 0 Å². The van der Waals surface area contributed by atoms with E-state index in [4.69, 9.17) is 0 Å². The van der Waals surface area contributed by atoms with Gasteiger partial charge < -0.3 is 0 Å². The molecule has 23 heavy (non-hydrogen) atoms. The monoisotopic (exact) mass is 304 g/mol. The van der Waals surface area contributed by atoms with E-state index in [1.165, 1.54) is 16.7 Å². The van der Waals surface area contributed by atoms with E-state index < -0.39 is 0 Å². The second-order valence-electron chi connectivity index (χ2n) is 6.17. The van der Waals surface area contributed by atoms with Crippen LogP contribution in [0.1, 0.15) is 22.3 Å². The molecule has 0 N–H and O–H groups in total. The lowest BCUT2D eigenvalue weighted by Gasteiger charge is -2.08. The third-order valence-electron chi connectivity index (χ3n) is 4.22. The van der Waals surface area contributed by atoms with E-state index in [9.17, 15) is 4.39 Å². The van der Waals surface area contributed by atoms with Gasteiger partial charge in [0.25, 0.3) is 0 Å². The number of benzene rings is 3. The highest BCUT2D eigenvalue weighted by molar-refractivity contribution is 5.64. The predicted octanol–water partition coefficient (Wildman–Crippen LogP) is 5.89. The zero-order valence-corrected chi connectivity index (χ0v) is 13.6. The molecule has 0 aliphatic carbocycles. The van der Waals surface area contributed by atoms with Gasteiger partial charge in [-0.25, -0.2) is 4.39 Å². The van der Waals surface area contributed by atoms with E-state index in [0.717, 1.165) is 24.0 Å². The molecule has 0 aromatic heterocycles. The average molecular weight is 304 g/mol. The summed E-state index contributed by atoms with van der Waals surface area (Å²) in [7, 11) is 0. The van der Waals surface area contributed by atoms with Gasteiger partial charge in [-0.15, -0.1) is 0 Å². The van der Waals surface area contributed by atoms with Crippen molar-refractivity contribution < 1.29 is 4.39 Å². The molecular weight excluding hydrogens is 283 g/mol. The molecule has 3 aromatic rings. The van der Waals surface area contributed by atoms with Crippen molar-refractivity contribution in [3.05, 3.63) is 94.8 Å². The van der Waals surface area contributed by atoms with E-state index in [-0.39, 0.29) is 5.82 Å². The third kappa shape index (κ3) is 3.87. The lowest BCUT2D eigenvalue weighted by molar-refractivity contribution is 0.628. The van der Waals surface area contributed by atoms with Gasteiger partial charge in [-0.1, -0.05) is 71.8 Å². The molecule has 1 heteroatoms. The maximum absolute atomic E-state index is 14.4. The summed E-state index contributed by atoms with van der Waals surface area (Å²) < 4.78 is 14.4. The fourth-order valence-corrected chi connectivity index (χ4v) is 2.72. The van der Waals surface area contributed by atoms with Crippen molar-refractivity contribution in [2.45, 2.75) is 26.7 Å². The van der Waals surface area contributed by atoms with E-state index in [0.29, 0.717) is 5.56 Å². The van der Waals surface area contributed by atoms with Gasteiger partial charge in [-0.2, -0.15) is 0 Å². The fourth-order valence-electron chi connectivity index (χ4n) is 2.72. The van der Waals surface area contributed by atoms with Crippen LogP contribution in [0.25, 0.3) is 11.1 Å². The number of hydrogen-bond donors (Lipinski definition) is 0. The molecule has 0 aliphatic heterocycles. The van der Waals surface area contributed by atoms with Crippen molar-refractivity contribution in [3.8, 4) is 11.1 Å². The molecule has 0 saturated heterocycles. The summed E-state index contributed by atoms with van der Waals surface area (Å²) in [5, 5.41) is 0. The maximum Gasteiger partial charge on any atom is 0.131 e. The zero-order valence-electron chi connectivity index (χ0n) is 13.6. The summed E-state index contributed by atoms with van der Waals surface area (Å²) >= 11 is 0. The Bertz CT molecular complexity index is 783. The molecule has 0 heterocycles. The van der Waals surface area contributed by atoms with Gasteiger partial charge in [0.1, 0.15) is 5.82 Å². The lowest BCUT2D eigenvalue weighted by atomic mass is 9.99. The van der Waals surface area contributed by atoms with Crippen molar-refractivity contribution in [2.24, 2.45) is 0 Å². The minimum atomic E-state index is -0.143. The second-order valence-corrected chi connectivity index (χ2v) is 6.17. The van der Waals surface area contributed by atoms with Crippen LogP contribution in [0.2, 0.25) is 0 Å². The van der Waals surface area contributed by atoms with Gasteiger partial charge in [0.15, 0.2) is 0 Å². The third-order valence-corrected chi connectivity index (χ3v) is 4.22. The van der Waals surface area contributed by atoms with E-state index in [1.807, 2.05) is 43.3 Å². The molecule has 0 radical (unpaired) electrons. The second kappa shape index (κ2) is 6.78. The van der Waals surface area contributed by atoms with Crippen molar-refractivity contribution in [2.75, 3.05) is 0 Å². The van der Waals surface area contributed by atoms with Crippen LogP contribution in [0.4, 0.5) is 4.39 Å². The highest BCUT2D eigenvalue weighted by atomic mass is 19.1. The Hall–Kier alpha value is -2.41. The SMILES string of the molecule is Cc1ccc(CCc2ccc(-c3ccc(C)cc3)c(F)c2)cc1. The summed E-state index contributed by atoms with van der Waals surface area (Å²) in [6.07, 6.45) is 1.79. The molecule has 0 aliphatic rings. The highest BCUT2D eigenvalue weighted by Gasteiger charge is 2.06. The average Bonchev–Trinajstić information content (AvgIpc) is 2.55. The van der Waals surface area contributed by atoms with Crippen LogP contribution >= 0.6 is 0 Å². The molecule has 0 unspecified atom stereocenters. The topological polar surface area (TPSA) is 0 Å². The van der Waals surface area contributed by atoms with E-state index >= 15 is 0 Å². The summed E-state index contributed by atoms with van der Waals surface area (Å²) in [6, 6.07) is 22.1. The van der Waals surface area contributed by atoms with Crippen molar-refractivity contribution >= 4 is 0 Å². The smallest absolute Gasteiger partial charge is 0.131 e. The minimum Gasteiger partial charge on any atom is -0.206 e. The van der Waals surface area contributed by atoms with Crippen LogP contribution < -0.4 is 0 Å². The van der Waals surface area contributed by atoms with Crippen LogP contribution in [0.5, 0.6) is 0 Å². The molecule has 0 spiro atoms. The molecule has 3 aromatic carbocycles. The van der Waals surface area contributed by atoms with E-state index in [1.54, 1.807) is 6.07 Å². The first-order valence-corrected chi connectivity index (χ1v) is 8.03. The molecule has 0 saturated carbocycles. The van der Waals surface area contributed by atoms with Crippen LogP contribution in [-0.4, -0.2) is 0 Å². The lowest BCUT2D eigenvalue weighted by Crippen LogP contribution is -1.94. The number of halogens is 1. The number of hydrogen-bond acceptors (Lipinski definition) is 0. The number of aryl methyl sites for hydroxylation is 4. The Kier molecular flexibility index (Phi) is 4.57. The molecule has 0 atom stereocenters. The summed E-state index contributed by atoms with van der Waals surface area (Å²) in [4.78, 5) is 0. The van der Waals surface area contributed by atoms with Gasteiger partial charge in [-0.05, 0) is 49.4 Å². The highest BCUT2D eigenvalue weighted by Crippen LogP contribution is 2.24. The minimum absolute atomic E-state index is 0.143. The fraction of sp³-hybridized carbons (Fsp3) is 0.182. The Morgan fingerprint density at radius 1 is 0.652 bits per heavy atom. The van der Waals surface area contributed by atoms with Crippen LogP contribution in [0.15, 0.2) is 66.7 Å². The first-order valence-electron chi connectivity index (χ1n) is 8.03. The van der Waals surface area contributed by atoms with Crippen LogP contribution in [-0.2, 0) is 12.8 Å². The van der Waals surface area contributed by atoms with Crippen LogP contribution in [0, 0.1) is 19.7 Å². The molecule has 116 valence electrons. The number of rotatable bonds is 4. The molecule has 3 rings (SSSR count). The standard InChI is InChI=1S/C22H21F/c1-16-3-7-18(8-4-16)9-10-19-11-14-21(22(23)15-19)20-12-5-17(2)6-13-20/h3-8,11-15H,9-10H2,1-2H3. The zero-order chi connectivity index (χ0) is 16.2. The van der Waals surface area contributed by atoms with Gasteiger partial charge in [0.05, 0.1) is 0 Å². The van der Waals surface area contributed by atoms with Crippen molar-refractivity contribution in [3.63, 3.8) is 0 Å². The van der Waals surface area contributed by atoms with Crippen LogP contribution in [0.3, 0.4) is 0 Å². The first-order chi connectivity index (χ1) is 11.1. The maximum atomic E-state index is 14.4. The summed E-state index contributed by atoms with van der Waals surface area (Å²) in [5.41, 5.74) is 6.38. The summed E-state index contributed by atoms with van der Waals surface area (Å²) in [6.45, 7) is 4.12. The molecule has 0 amide bonds. The van der Waals surface area contributed by atoms with Crippen molar-refractivity contribution in [1.82, 2.24) is 0 Å².